The Bertz CT molecular complexity index is 1080. The molecule has 0 bridgehead atoms. The molecule has 0 saturated heterocycles. The summed E-state index contributed by atoms with van der Waals surface area (Å²) < 4.78 is 8.98. The monoisotopic (exact) mass is 366 g/mol. The van der Waals surface area contributed by atoms with Gasteiger partial charge in [0.25, 0.3) is 0 Å². The first-order valence-corrected chi connectivity index (χ1v) is 8.59. The van der Waals surface area contributed by atoms with E-state index in [0.717, 1.165) is 16.6 Å². The molecule has 0 spiro atoms. The van der Waals surface area contributed by atoms with E-state index in [2.05, 4.69) is 0 Å². The van der Waals surface area contributed by atoms with Crippen molar-refractivity contribution in [3.8, 4) is 0 Å². The number of Topliss-reactive ketones (excluding diaryl/α,β-unsaturated/α-hetero) is 1. The highest BCUT2D eigenvalue weighted by molar-refractivity contribution is 6.31. The van der Waals surface area contributed by atoms with E-state index in [1.165, 1.54) is 6.26 Å². The highest BCUT2D eigenvalue weighted by Crippen LogP contribution is 2.20. The molecule has 0 radical (unpaired) electrons. The zero-order valence-electron chi connectivity index (χ0n) is 13.9. The fraction of sp³-hybridized carbons (Fsp3) is 0.100. The zero-order valence-corrected chi connectivity index (χ0v) is 14.7. The molecule has 2 aromatic heterocycles. The number of furan rings is 1. The Morgan fingerprint density at radius 3 is 2.62 bits per heavy atom. The number of rotatable bonds is 5. The second-order valence-corrected chi connectivity index (χ2v) is 6.42. The normalized spacial score (nSPS) is 11.1. The lowest BCUT2D eigenvalue weighted by molar-refractivity contribution is -0.648. The number of hydrogen-bond donors (Lipinski definition) is 1. The van der Waals surface area contributed by atoms with Crippen molar-refractivity contribution in [2.75, 3.05) is 5.73 Å². The van der Waals surface area contributed by atoms with Crippen LogP contribution in [-0.2, 0) is 13.1 Å². The Morgan fingerprint density at radius 2 is 1.85 bits per heavy atom. The smallest absolute Gasteiger partial charge is 0.356 e. The lowest BCUT2D eigenvalue weighted by atomic mass is 10.2. The number of benzene rings is 2. The SMILES string of the molecule is Nc1n(CC(=O)c2ccco2)c2ccccc2[n+]1Cc1ccccc1Cl. The molecule has 0 atom stereocenters. The van der Waals surface area contributed by atoms with Gasteiger partial charge in [-0.05, 0) is 30.3 Å². The minimum atomic E-state index is -0.132. The van der Waals surface area contributed by atoms with Crippen LogP contribution < -0.4 is 10.3 Å². The number of hydrogen-bond acceptors (Lipinski definition) is 3. The summed E-state index contributed by atoms with van der Waals surface area (Å²) in [7, 11) is 0. The van der Waals surface area contributed by atoms with Crippen LogP contribution in [0.3, 0.4) is 0 Å². The number of imidazole rings is 1. The molecule has 0 aliphatic carbocycles. The van der Waals surface area contributed by atoms with Crippen molar-refractivity contribution in [2.24, 2.45) is 0 Å². The average molecular weight is 367 g/mol. The first kappa shape index (κ1) is 16.4. The highest BCUT2D eigenvalue weighted by Gasteiger charge is 2.24. The van der Waals surface area contributed by atoms with Gasteiger partial charge in [0.15, 0.2) is 5.76 Å². The molecule has 4 aromatic rings. The van der Waals surface area contributed by atoms with Crippen LogP contribution in [0.1, 0.15) is 16.1 Å². The Hall–Kier alpha value is -3.05. The number of nitrogens with two attached hydrogens (primary N) is 1. The summed E-state index contributed by atoms with van der Waals surface area (Å²) in [5.41, 5.74) is 9.21. The van der Waals surface area contributed by atoms with E-state index in [0.29, 0.717) is 23.3 Å². The summed E-state index contributed by atoms with van der Waals surface area (Å²) in [6.45, 7) is 0.628. The molecule has 0 aliphatic heterocycles. The molecule has 0 aliphatic rings. The summed E-state index contributed by atoms with van der Waals surface area (Å²) in [6.07, 6.45) is 1.49. The van der Waals surface area contributed by atoms with Gasteiger partial charge in [-0.1, -0.05) is 41.9 Å². The Labute approximate surface area is 155 Å². The maximum Gasteiger partial charge on any atom is 0.356 e. The van der Waals surface area contributed by atoms with Crippen LogP contribution >= 0.6 is 11.6 Å². The minimum absolute atomic E-state index is 0.107. The standard InChI is InChI=1S/C20H16ClN3O2/c21-15-7-2-1-6-14(15)12-23-16-8-3-4-9-17(16)24(20(23)22)13-18(25)19-10-5-11-26-19/h1-11,22H,12-13H2/p+1. The molecule has 6 heteroatoms. The maximum atomic E-state index is 12.5. The van der Waals surface area contributed by atoms with Crippen LogP contribution in [-0.4, -0.2) is 10.4 Å². The number of anilines is 1. The third-order valence-electron chi connectivity index (χ3n) is 4.40. The van der Waals surface area contributed by atoms with Crippen LogP contribution in [0.25, 0.3) is 11.0 Å². The first-order valence-electron chi connectivity index (χ1n) is 8.22. The Kier molecular flexibility index (Phi) is 4.22. The van der Waals surface area contributed by atoms with Crippen molar-refractivity contribution in [3.63, 3.8) is 0 Å². The van der Waals surface area contributed by atoms with Crippen LogP contribution in [0, 0.1) is 0 Å². The van der Waals surface area contributed by atoms with Crippen molar-refractivity contribution in [3.05, 3.63) is 83.3 Å². The van der Waals surface area contributed by atoms with Crippen LogP contribution in [0.4, 0.5) is 5.95 Å². The minimum Gasteiger partial charge on any atom is -0.461 e. The number of nitrogen functional groups attached to an aromatic ring is 1. The van der Waals surface area contributed by atoms with E-state index >= 15 is 0 Å². The molecule has 5 nitrogen and oxygen atoms in total. The van der Waals surface area contributed by atoms with Gasteiger partial charge in [0.1, 0.15) is 17.6 Å². The number of aromatic nitrogens is 2. The topological polar surface area (TPSA) is 65.0 Å². The first-order chi connectivity index (χ1) is 12.6. The van der Waals surface area contributed by atoms with Crippen LogP contribution in [0.2, 0.25) is 5.02 Å². The highest BCUT2D eigenvalue weighted by atomic mass is 35.5. The number of fused-ring (bicyclic) bond motifs is 1. The number of ketones is 1. The van der Waals surface area contributed by atoms with Gasteiger partial charge in [-0.2, -0.15) is 0 Å². The molecule has 26 heavy (non-hydrogen) atoms. The van der Waals surface area contributed by atoms with Gasteiger partial charge < -0.3 is 4.42 Å². The second kappa shape index (κ2) is 6.69. The van der Waals surface area contributed by atoms with E-state index in [4.69, 9.17) is 21.8 Å². The second-order valence-electron chi connectivity index (χ2n) is 6.01. The number of halogens is 1. The van der Waals surface area contributed by atoms with Gasteiger partial charge in [-0.15, -0.1) is 0 Å². The molecule has 4 rings (SSSR count). The van der Waals surface area contributed by atoms with Crippen molar-refractivity contribution in [1.82, 2.24) is 4.57 Å². The predicted molar refractivity (Wildman–Crippen MR) is 100 cm³/mol. The molecule has 0 saturated carbocycles. The molecule has 2 heterocycles. The van der Waals surface area contributed by atoms with E-state index in [9.17, 15) is 4.79 Å². The molecule has 130 valence electrons. The number of nitrogens with zero attached hydrogens (tertiary/aromatic N) is 2. The van der Waals surface area contributed by atoms with Gasteiger partial charge in [-0.25, -0.2) is 9.13 Å². The summed E-state index contributed by atoms with van der Waals surface area (Å²) >= 11 is 6.31. The molecule has 2 aromatic carbocycles. The fourth-order valence-electron chi connectivity index (χ4n) is 3.10. The Balaban J connectivity index is 1.78. The molecule has 0 unspecified atom stereocenters. The van der Waals surface area contributed by atoms with E-state index in [1.807, 2.05) is 53.1 Å². The maximum absolute atomic E-state index is 12.5. The van der Waals surface area contributed by atoms with Gasteiger partial charge in [0.05, 0.1) is 12.8 Å². The van der Waals surface area contributed by atoms with E-state index in [-0.39, 0.29) is 12.3 Å². The largest absolute Gasteiger partial charge is 0.461 e. The summed E-state index contributed by atoms with van der Waals surface area (Å²) in [6, 6.07) is 18.8. The van der Waals surface area contributed by atoms with Crippen molar-refractivity contribution in [1.29, 1.82) is 0 Å². The Morgan fingerprint density at radius 1 is 1.08 bits per heavy atom. The van der Waals surface area contributed by atoms with Gasteiger partial charge >= 0.3 is 5.95 Å². The molecule has 2 N–H and O–H groups in total. The van der Waals surface area contributed by atoms with Crippen LogP contribution in [0.5, 0.6) is 0 Å². The third kappa shape index (κ3) is 2.86. The van der Waals surface area contributed by atoms with Gasteiger partial charge in [0.2, 0.25) is 5.78 Å². The quantitative estimate of drug-likeness (QED) is 0.432. The van der Waals surface area contributed by atoms with E-state index in [1.54, 1.807) is 16.7 Å². The lowest BCUT2D eigenvalue weighted by Crippen LogP contribution is -2.37. The zero-order chi connectivity index (χ0) is 18.1. The van der Waals surface area contributed by atoms with E-state index < -0.39 is 0 Å². The third-order valence-corrected chi connectivity index (χ3v) is 4.77. The van der Waals surface area contributed by atoms with Crippen molar-refractivity contribution in [2.45, 2.75) is 13.1 Å². The number of carbonyl (C=O) groups is 1. The number of para-hydroxylation sites is 2. The lowest BCUT2D eigenvalue weighted by Gasteiger charge is -2.04. The average Bonchev–Trinajstić information content (AvgIpc) is 3.27. The fourth-order valence-corrected chi connectivity index (χ4v) is 3.30. The number of carbonyl (C=O) groups excluding carboxylic acids is 1. The summed E-state index contributed by atoms with van der Waals surface area (Å²) in [5.74, 6) is 0.679. The van der Waals surface area contributed by atoms with Crippen LogP contribution in [0.15, 0.2) is 71.3 Å². The molecular weight excluding hydrogens is 350 g/mol. The molecule has 0 amide bonds. The van der Waals surface area contributed by atoms with Crippen molar-refractivity contribution < 1.29 is 13.8 Å². The van der Waals surface area contributed by atoms with Gasteiger partial charge in [-0.3, -0.25) is 10.5 Å². The molecule has 0 fully saturated rings. The summed E-state index contributed by atoms with van der Waals surface area (Å²) in [5, 5.41) is 0.683. The summed E-state index contributed by atoms with van der Waals surface area (Å²) in [4.78, 5) is 12.5. The predicted octanol–water partition coefficient (Wildman–Crippen LogP) is 3.69. The van der Waals surface area contributed by atoms with Crippen molar-refractivity contribution >= 4 is 34.4 Å². The molecular formula is C20H17ClN3O2+. The van der Waals surface area contributed by atoms with Gasteiger partial charge in [0, 0.05) is 10.6 Å².